The molecule has 16 heavy (non-hydrogen) atoms. The SMILES string of the molecule is O=C(Nc1ccccc1O)C1CC(O)CN1. The third-order valence-electron chi connectivity index (χ3n) is 2.59. The summed E-state index contributed by atoms with van der Waals surface area (Å²) in [5.41, 5.74) is 0.385. The summed E-state index contributed by atoms with van der Waals surface area (Å²) in [5, 5.41) is 24.3. The molecule has 1 fully saturated rings. The third-order valence-corrected chi connectivity index (χ3v) is 2.59. The zero-order valence-electron chi connectivity index (χ0n) is 8.68. The first-order valence-electron chi connectivity index (χ1n) is 5.17. The molecular weight excluding hydrogens is 208 g/mol. The second-order valence-electron chi connectivity index (χ2n) is 3.86. The first-order valence-corrected chi connectivity index (χ1v) is 5.17. The summed E-state index contributed by atoms with van der Waals surface area (Å²) in [6.07, 6.45) is -0.0699. The van der Waals surface area contributed by atoms with E-state index in [1.807, 2.05) is 0 Å². The van der Waals surface area contributed by atoms with Crippen molar-refractivity contribution in [2.45, 2.75) is 18.6 Å². The van der Waals surface area contributed by atoms with E-state index in [2.05, 4.69) is 10.6 Å². The van der Waals surface area contributed by atoms with Gasteiger partial charge in [-0.1, -0.05) is 12.1 Å². The highest BCUT2D eigenvalue weighted by atomic mass is 16.3. The van der Waals surface area contributed by atoms with Gasteiger partial charge in [-0.05, 0) is 18.6 Å². The molecule has 86 valence electrons. The maximum atomic E-state index is 11.7. The van der Waals surface area contributed by atoms with Gasteiger partial charge in [0, 0.05) is 6.54 Å². The maximum absolute atomic E-state index is 11.7. The number of amides is 1. The van der Waals surface area contributed by atoms with Gasteiger partial charge in [-0.25, -0.2) is 0 Å². The number of carbonyl (C=O) groups excluding carboxylic acids is 1. The summed E-state index contributed by atoms with van der Waals surface area (Å²) in [6, 6.07) is 6.15. The molecule has 0 spiro atoms. The fourth-order valence-corrected chi connectivity index (χ4v) is 1.72. The lowest BCUT2D eigenvalue weighted by molar-refractivity contribution is -0.117. The minimum absolute atomic E-state index is 0.0365. The van der Waals surface area contributed by atoms with Crippen molar-refractivity contribution in [2.75, 3.05) is 11.9 Å². The summed E-state index contributed by atoms with van der Waals surface area (Å²) >= 11 is 0. The third kappa shape index (κ3) is 2.32. The number of hydrogen-bond acceptors (Lipinski definition) is 4. The molecule has 0 radical (unpaired) electrons. The Morgan fingerprint density at radius 2 is 2.19 bits per heavy atom. The number of aliphatic hydroxyl groups is 1. The van der Waals surface area contributed by atoms with Crippen molar-refractivity contribution in [1.29, 1.82) is 0 Å². The number of anilines is 1. The van der Waals surface area contributed by atoms with Gasteiger partial charge in [0.2, 0.25) is 5.91 Å². The average Bonchev–Trinajstić information content (AvgIpc) is 2.68. The summed E-state index contributed by atoms with van der Waals surface area (Å²) in [5.74, 6) is -0.201. The highest BCUT2D eigenvalue weighted by molar-refractivity contribution is 5.96. The molecule has 1 aromatic rings. The number of phenols is 1. The number of carbonyl (C=O) groups is 1. The molecule has 1 aromatic carbocycles. The van der Waals surface area contributed by atoms with Crippen LogP contribution in [0.2, 0.25) is 0 Å². The first-order chi connectivity index (χ1) is 7.66. The van der Waals surface area contributed by atoms with Crippen LogP contribution in [0.4, 0.5) is 5.69 Å². The zero-order chi connectivity index (χ0) is 11.5. The first kappa shape index (κ1) is 10.9. The number of phenolic OH excluding ortho intramolecular Hbond substituents is 1. The highest BCUT2D eigenvalue weighted by Crippen LogP contribution is 2.22. The van der Waals surface area contributed by atoms with Crippen molar-refractivity contribution in [3.8, 4) is 5.75 Å². The molecule has 0 aliphatic carbocycles. The topological polar surface area (TPSA) is 81.6 Å². The molecule has 0 saturated carbocycles. The molecule has 2 unspecified atom stereocenters. The van der Waals surface area contributed by atoms with Crippen LogP contribution in [0.3, 0.4) is 0 Å². The zero-order valence-corrected chi connectivity index (χ0v) is 8.68. The maximum Gasteiger partial charge on any atom is 0.241 e. The number of rotatable bonds is 2. The van der Waals surface area contributed by atoms with Gasteiger partial charge in [-0.15, -0.1) is 0 Å². The molecule has 1 saturated heterocycles. The van der Waals surface area contributed by atoms with Crippen LogP contribution in [0.5, 0.6) is 5.75 Å². The molecule has 1 aliphatic rings. The summed E-state index contributed by atoms with van der Waals surface area (Å²) in [7, 11) is 0. The van der Waals surface area contributed by atoms with Gasteiger partial charge in [-0.3, -0.25) is 4.79 Å². The Kier molecular flexibility index (Phi) is 3.07. The van der Waals surface area contributed by atoms with Gasteiger partial charge in [0.1, 0.15) is 5.75 Å². The molecule has 1 heterocycles. The van der Waals surface area contributed by atoms with Crippen molar-refractivity contribution < 1.29 is 15.0 Å². The van der Waals surface area contributed by atoms with Crippen LogP contribution in [-0.4, -0.2) is 34.8 Å². The van der Waals surface area contributed by atoms with Crippen molar-refractivity contribution in [2.24, 2.45) is 0 Å². The van der Waals surface area contributed by atoms with Gasteiger partial charge >= 0.3 is 0 Å². The second-order valence-corrected chi connectivity index (χ2v) is 3.86. The Labute approximate surface area is 93.1 Å². The Bertz CT molecular complexity index is 395. The van der Waals surface area contributed by atoms with Gasteiger partial charge in [0.15, 0.2) is 0 Å². The highest BCUT2D eigenvalue weighted by Gasteiger charge is 2.28. The van der Waals surface area contributed by atoms with E-state index in [4.69, 9.17) is 0 Å². The molecule has 0 aromatic heterocycles. The molecular formula is C11H14N2O3. The number of aromatic hydroxyl groups is 1. The smallest absolute Gasteiger partial charge is 0.241 e. The molecule has 5 nitrogen and oxygen atoms in total. The Hall–Kier alpha value is -1.59. The van der Waals surface area contributed by atoms with Crippen molar-refractivity contribution in [3.63, 3.8) is 0 Å². The van der Waals surface area contributed by atoms with Crippen molar-refractivity contribution in [1.82, 2.24) is 5.32 Å². The molecule has 5 heteroatoms. The number of hydrogen-bond donors (Lipinski definition) is 4. The van der Waals surface area contributed by atoms with E-state index in [1.165, 1.54) is 6.07 Å². The minimum Gasteiger partial charge on any atom is -0.506 e. The predicted molar refractivity (Wildman–Crippen MR) is 59.2 cm³/mol. The van der Waals surface area contributed by atoms with E-state index in [0.717, 1.165) is 0 Å². The summed E-state index contributed by atoms with van der Waals surface area (Å²) < 4.78 is 0. The second kappa shape index (κ2) is 4.51. The van der Waals surface area contributed by atoms with Crippen LogP contribution in [0.25, 0.3) is 0 Å². The molecule has 2 rings (SSSR count). The van der Waals surface area contributed by atoms with Gasteiger partial charge < -0.3 is 20.8 Å². The predicted octanol–water partition coefficient (Wildman–Crippen LogP) is 0.0535. The standard InChI is InChI=1S/C11H14N2O3/c14-7-5-9(12-6-7)11(16)13-8-3-1-2-4-10(8)15/h1-4,7,9,12,14-15H,5-6H2,(H,13,16). The van der Waals surface area contributed by atoms with Gasteiger partial charge in [0.05, 0.1) is 17.8 Å². The van der Waals surface area contributed by atoms with Crippen LogP contribution in [-0.2, 0) is 4.79 Å². The molecule has 0 bridgehead atoms. The van der Waals surface area contributed by atoms with Crippen LogP contribution >= 0.6 is 0 Å². The van der Waals surface area contributed by atoms with E-state index in [0.29, 0.717) is 18.7 Å². The Morgan fingerprint density at radius 3 is 2.81 bits per heavy atom. The van der Waals surface area contributed by atoms with E-state index in [9.17, 15) is 15.0 Å². The lowest BCUT2D eigenvalue weighted by Gasteiger charge is -2.11. The van der Waals surface area contributed by atoms with Gasteiger partial charge in [-0.2, -0.15) is 0 Å². The van der Waals surface area contributed by atoms with Crippen LogP contribution < -0.4 is 10.6 Å². The number of benzene rings is 1. The number of β-amino-alcohol motifs (C(OH)–C–C–N with tert-alkyl or cyclic N) is 1. The fraction of sp³-hybridized carbons (Fsp3) is 0.364. The monoisotopic (exact) mass is 222 g/mol. The number of nitrogens with one attached hydrogen (secondary N) is 2. The fourth-order valence-electron chi connectivity index (χ4n) is 1.72. The quantitative estimate of drug-likeness (QED) is 0.533. The van der Waals surface area contributed by atoms with Crippen LogP contribution in [0, 0.1) is 0 Å². The Morgan fingerprint density at radius 1 is 1.44 bits per heavy atom. The average molecular weight is 222 g/mol. The van der Waals surface area contributed by atoms with Crippen LogP contribution in [0.15, 0.2) is 24.3 Å². The largest absolute Gasteiger partial charge is 0.506 e. The van der Waals surface area contributed by atoms with E-state index in [-0.39, 0.29) is 11.7 Å². The van der Waals surface area contributed by atoms with Crippen molar-refractivity contribution >= 4 is 11.6 Å². The van der Waals surface area contributed by atoms with E-state index < -0.39 is 12.1 Å². The number of para-hydroxylation sites is 2. The van der Waals surface area contributed by atoms with Gasteiger partial charge in [0.25, 0.3) is 0 Å². The summed E-state index contributed by atoms with van der Waals surface area (Å²) in [6.45, 7) is 0.429. The number of aliphatic hydroxyl groups excluding tert-OH is 1. The van der Waals surface area contributed by atoms with E-state index in [1.54, 1.807) is 18.2 Å². The van der Waals surface area contributed by atoms with E-state index >= 15 is 0 Å². The molecule has 1 amide bonds. The molecule has 1 aliphatic heterocycles. The lowest BCUT2D eigenvalue weighted by atomic mass is 10.2. The van der Waals surface area contributed by atoms with Crippen LogP contribution in [0.1, 0.15) is 6.42 Å². The van der Waals surface area contributed by atoms with Crippen molar-refractivity contribution in [3.05, 3.63) is 24.3 Å². The summed E-state index contributed by atoms with van der Waals surface area (Å²) in [4.78, 5) is 11.7. The molecule has 4 N–H and O–H groups in total. The Balaban J connectivity index is 2.00. The normalized spacial score (nSPS) is 24.3. The minimum atomic E-state index is -0.472. The lowest BCUT2D eigenvalue weighted by Crippen LogP contribution is -2.35. The molecule has 2 atom stereocenters.